The highest BCUT2D eigenvalue weighted by atomic mass is 32.1. The number of hydrogen-bond acceptors (Lipinski definition) is 6. The first-order valence-corrected chi connectivity index (χ1v) is 7.30. The largest absolute Gasteiger partial charge is 0.382 e. The lowest BCUT2D eigenvalue weighted by atomic mass is 10.2. The van der Waals surface area contributed by atoms with Crippen molar-refractivity contribution in [3.8, 4) is 0 Å². The number of anilines is 2. The number of nitrogens with one attached hydrogen (secondary N) is 3. The summed E-state index contributed by atoms with van der Waals surface area (Å²) in [6.07, 6.45) is 0. The van der Waals surface area contributed by atoms with Crippen molar-refractivity contribution in [2.75, 3.05) is 30.7 Å². The average Bonchev–Trinajstić information content (AvgIpc) is 2.75. The van der Waals surface area contributed by atoms with Gasteiger partial charge in [-0.25, -0.2) is 4.98 Å². The van der Waals surface area contributed by atoms with Crippen LogP contribution in [0.3, 0.4) is 0 Å². The molecule has 1 aromatic heterocycles. The van der Waals surface area contributed by atoms with Crippen LogP contribution in [-0.4, -0.2) is 36.4 Å². The number of nitrogens with zero attached hydrogens (tertiary/aromatic N) is 1. The van der Waals surface area contributed by atoms with Crippen LogP contribution in [0.5, 0.6) is 0 Å². The van der Waals surface area contributed by atoms with E-state index in [-0.39, 0.29) is 24.2 Å². The predicted octanol–water partition coefficient (Wildman–Crippen LogP) is 0.659. The first-order valence-electron chi connectivity index (χ1n) is 6.49. The van der Waals surface area contributed by atoms with Crippen LogP contribution in [0.2, 0.25) is 0 Å². The molecule has 0 saturated heterocycles. The fraction of sp³-hybridized carbons (Fsp3) is 0.583. The first-order chi connectivity index (χ1) is 9.43. The Balaban J connectivity index is 2.48. The van der Waals surface area contributed by atoms with E-state index in [2.05, 4.69) is 20.9 Å². The number of nitrogen functional groups attached to an aromatic ring is 1. The zero-order valence-corrected chi connectivity index (χ0v) is 12.8. The molecule has 0 radical (unpaired) electrons. The highest BCUT2D eigenvalue weighted by Crippen LogP contribution is 2.24. The number of nitrogens with two attached hydrogens (primary N) is 1. The minimum Gasteiger partial charge on any atom is -0.382 e. The molecule has 20 heavy (non-hydrogen) atoms. The second-order valence-corrected chi connectivity index (χ2v) is 5.64. The third-order valence-electron chi connectivity index (χ3n) is 2.30. The zero-order chi connectivity index (χ0) is 15.1. The van der Waals surface area contributed by atoms with Crippen LogP contribution in [-0.2, 0) is 4.79 Å². The van der Waals surface area contributed by atoms with Gasteiger partial charge in [0.15, 0.2) is 5.13 Å². The Morgan fingerprint density at radius 2 is 2.05 bits per heavy atom. The van der Waals surface area contributed by atoms with E-state index in [1.54, 1.807) is 0 Å². The fourth-order valence-electron chi connectivity index (χ4n) is 1.34. The number of hydrogen-bond donors (Lipinski definition) is 4. The van der Waals surface area contributed by atoms with E-state index in [9.17, 15) is 9.59 Å². The number of rotatable bonds is 7. The number of aromatic nitrogens is 1. The molecule has 0 aliphatic rings. The Labute approximate surface area is 122 Å². The molecule has 0 spiro atoms. The summed E-state index contributed by atoms with van der Waals surface area (Å²) in [4.78, 5) is 27.7. The molecule has 5 N–H and O–H groups in total. The Hall–Kier alpha value is -1.83. The van der Waals surface area contributed by atoms with E-state index in [0.29, 0.717) is 29.0 Å². The molecule has 0 aliphatic heterocycles. The molecule has 112 valence electrons. The number of amides is 2. The average molecular weight is 299 g/mol. The van der Waals surface area contributed by atoms with Gasteiger partial charge in [-0.15, -0.1) is 0 Å². The van der Waals surface area contributed by atoms with Crippen molar-refractivity contribution in [1.82, 2.24) is 15.6 Å². The van der Waals surface area contributed by atoms with Gasteiger partial charge in [0.05, 0.1) is 6.54 Å². The summed E-state index contributed by atoms with van der Waals surface area (Å²) in [6, 6.07) is 0. The quantitative estimate of drug-likeness (QED) is 0.591. The molecular formula is C12H21N5O2S. The molecule has 0 fully saturated rings. The summed E-state index contributed by atoms with van der Waals surface area (Å²) < 4.78 is 0. The topological polar surface area (TPSA) is 109 Å². The van der Waals surface area contributed by atoms with Gasteiger partial charge in [-0.1, -0.05) is 25.2 Å². The van der Waals surface area contributed by atoms with Gasteiger partial charge in [0.25, 0.3) is 5.91 Å². The smallest absolute Gasteiger partial charge is 0.265 e. The second-order valence-electron chi connectivity index (χ2n) is 4.64. The Bertz CT molecular complexity index is 472. The van der Waals surface area contributed by atoms with E-state index in [1.807, 2.05) is 20.8 Å². The lowest BCUT2D eigenvalue weighted by Crippen LogP contribution is -2.38. The lowest BCUT2D eigenvalue weighted by molar-refractivity contribution is -0.120. The Kier molecular flexibility index (Phi) is 6.23. The second kappa shape index (κ2) is 7.68. The standard InChI is InChI=1S/C12H21N5O2S/c1-4-14-12-17-10(13)9(20-12)11(19)16-6-8(18)15-5-7(2)3/h7H,4-6,13H2,1-3H3,(H,14,17)(H,15,18)(H,16,19). The maximum absolute atomic E-state index is 11.9. The predicted molar refractivity (Wildman–Crippen MR) is 80.9 cm³/mol. The van der Waals surface area contributed by atoms with Crippen LogP contribution in [0.15, 0.2) is 0 Å². The van der Waals surface area contributed by atoms with E-state index < -0.39 is 0 Å². The van der Waals surface area contributed by atoms with Crippen LogP contribution >= 0.6 is 11.3 Å². The Morgan fingerprint density at radius 3 is 2.65 bits per heavy atom. The number of carbonyl (C=O) groups excluding carboxylic acids is 2. The van der Waals surface area contributed by atoms with Gasteiger partial charge in [0.1, 0.15) is 10.7 Å². The van der Waals surface area contributed by atoms with Gasteiger partial charge in [-0.3, -0.25) is 9.59 Å². The molecule has 7 nitrogen and oxygen atoms in total. The van der Waals surface area contributed by atoms with Gasteiger partial charge >= 0.3 is 0 Å². The summed E-state index contributed by atoms with van der Waals surface area (Å²) in [5, 5.41) is 8.84. The Morgan fingerprint density at radius 1 is 1.35 bits per heavy atom. The fourth-order valence-corrected chi connectivity index (χ4v) is 2.21. The molecule has 1 heterocycles. The molecular weight excluding hydrogens is 278 g/mol. The minimum absolute atomic E-state index is 0.0700. The van der Waals surface area contributed by atoms with Gasteiger partial charge in [-0.05, 0) is 12.8 Å². The van der Waals surface area contributed by atoms with Gasteiger partial charge < -0.3 is 21.7 Å². The maximum Gasteiger partial charge on any atom is 0.265 e. The molecule has 0 aromatic carbocycles. The normalized spacial score (nSPS) is 10.4. The summed E-state index contributed by atoms with van der Waals surface area (Å²) in [7, 11) is 0. The molecule has 8 heteroatoms. The molecule has 1 rings (SSSR count). The van der Waals surface area contributed by atoms with Gasteiger partial charge in [0, 0.05) is 13.1 Å². The highest BCUT2D eigenvalue weighted by molar-refractivity contribution is 7.18. The molecule has 0 atom stereocenters. The van der Waals surface area contributed by atoms with Crippen molar-refractivity contribution in [3.63, 3.8) is 0 Å². The molecule has 2 amide bonds. The van der Waals surface area contributed by atoms with Crippen molar-refractivity contribution in [2.45, 2.75) is 20.8 Å². The molecule has 0 unspecified atom stereocenters. The molecule has 0 aliphatic carbocycles. The molecule has 0 bridgehead atoms. The molecule has 0 saturated carbocycles. The summed E-state index contributed by atoms with van der Waals surface area (Å²) in [5.41, 5.74) is 5.68. The van der Waals surface area contributed by atoms with Gasteiger partial charge in [0.2, 0.25) is 5.91 Å². The minimum atomic E-state index is -0.385. The highest BCUT2D eigenvalue weighted by Gasteiger charge is 2.16. The molecule has 1 aromatic rings. The number of carbonyl (C=O) groups is 2. The SMILES string of the molecule is CCNc1nc(N)c(C(=O)NCC(=O)NCC(C)C)s1. The van der Waals surface area contributed by atoms with Crippen molar-refractivity contribution in [1.29, 1.82) is 0 Å². The van der Waals surface area contributed by atoms with Crippen molar-refractivity contribution < 1.29 is 9.59 Å². The van der Waals surface area contributed by atoms with Crippen LogP contribution in [0.25, 0.3) is 0 Å². The van der Waals surface area contributed by atoms with Crippen LogP contribution in [0.1, 0.15) is 30.4 Å². The summed E-state index contributed by atoms with van der Waals surface area (Å²) >= 11 is 1.17. The summed E-state index contributed by atoms with van der Waals surface area (Å²) in [5.74, 6) is -0.0635. The van der Waals surface area contributed by atoms with Crippen molar-refractivity contribution in [2.24, 2.45) is 5.92 Å². The van der Waals surface area contributed by atoms with Crippen molar-refractivity contribution in [3.05, 3.63) is 4.88 Å². The maximum atomic E-state index is 11.9. The number of thiazole rings is 1. The first kappa shape index (κ1) is 16.2. The third kappa shape index (κ3) is 5.04. The van der Waals surface area contributed by atoms with Gasteiger partial charge in [-0.2, -0.15) is 0 Å². The van der Waals surface area contributed by atoms with E-state index in [0.717, 1.165) is 0 Å². The van der Waals surface area contributed by atoms with E-state index in [1.165, 1.54) is 11.3 Å². The van der Waals surface area contributed by atoms with E-state index in [4.69, 9.17) is 5.73 Å². The van der Waals surface area contributed by atoms with Crippen LogP contribution in [0, 0.1) is 5.92 Å². The van der Waals surface area contributed by atoms with E-state index >= 15 is 0 Å². The zero-order valence-electron chi connectivity index (χ0n) is 11.9. The van der Waals surface area contributed by atoms with Crippen LogP contribution < -0.4 is 21.7 Å². The lowest BCUT2D eigenvalue weighted by Gasteiger charge is -2.08. The monoisotopic (exact) mass is 299 g/mol. The third-order valence-corrected chi connectivity index (χ3v) is 3.33. The van der Waals surface area contributed by atoms with Crippen molar-refractivity contribution >= 4 is 34.1 Å². The van der Waals surface area contributed by atoms with Crippen LogP contribution in [0.4, 0.5) is 10.9 Å². The summed E-state index contributed by atoms with van der Waals surface area (Å²) in [6.45, 7) is 7.14.